The van der Waals surface area contributed by atoms with E-state index in [0.29, 0.717) is 0 Å². The van der Waals surface area contributed by atoms with Crippen molar-refractivity contribution in [2.45, 2.75) is 17.4 Å². The molecule has 0 bridgehead atoms. The molecule has 110 valence electrons. The SMILES string of the molecule is CNc1ccc(S(=O)(=O)NC2CCSC2)cc1[N+](=O)[O-]. The summed E-state index contributed by atoms with van der Waals surface area (Å²) in [6, 6.07) is 3.74. The van der Waals surface area contributed by atoms with Crippen LogP contribution in [-0.2, 0) is 10.0 Å². The van der Waals surface area contributed by atoms with Crippen LogP contribution in [0, 0.1) is 10.1 Å². The molecule has 0 saturated carbocycles. The third-order valence-electron chi connectivity index (χ3n) is 3.00. The van der Waals surface area contributed by atoms with Gasteiger partial charge in [-0.3, -0.25) is 10.1 Å². The largest absolute Gasteiger partial charge is 0.383 e. The average molecular weight is 317 g/mol. The van der Waals surface area contributed by atoms with Gasteiger partial charge in [0.15, 0.2) is 0 Å². The zero-order chi connectivity index (χ0) is 14.8. The molecule has 0 radical (unpaired) electrons. The first-order valence-electron chi connectivity index (χ1n) is 6.00. The molecule has 1 fully saturated rings. The standard InChI is InChI=1S/C11H15N3O4S2/c1-12-10-3-2-9(6-11(10)14(15)16)20(17,18)13-8-4-5-19-7-8/h2-3,6,8,12-13H,4-5,7H2,1H3. The fourth-order valence-corrected chi connectivity index (χ4v) is 4.50. The second-order valence-electron chi connectivity index (χ2n) is 4.37. The number of nitrogens with one attached hydrogen (secondary N) is 2. The van der Waals surface area contributed by atoms with Gasteiger partial charge in [-0.2, -0.15) is 11.8 Å². The highest BCUT2D eigenvalue weighted by molar-refractivity contribution is 7.99. The maximum Gasteiger partial charge on any atom is 0.293 e. The number of hydrogen-bond donors (Lipinski definition) is 2. The maximum atomic E-state index is 12.2. The molecule has 1 aromatic rings. The van der Waals surface area contributed by atoms with Gasteiger partial charge in [-0.1, -0.05) is 0 Å². The minimum absolute atomic E-state index is 0.0832. The third-order valence-corrected chi connectivity index (χ3v) is 5.68. The van der Waals surface area contributed by atoms with Crippen LogP contribution in [0.25, 0.3) is 0 Å². The van der Waals surface area contributed by atoms with Gasteiger partial charge in [-0.05, 0) is 24.3 Å². The molecule has 1 unspecified atom stereocenters. The number of benzene rings is 1. The number of sulfonamides is 1. The molecule has 1 aromatic carbocycles. The van der Waals surface area contributed by atoms with Crippen LogP contribution >= 0.6 is 11.8 Å². The Bertz CT molecular complexity index is 612. The van der Waals surface area contributed by atoms with Gasteiger partial charge in [0.25, 0.3) is 5.69 Å². The molecule has 1 atom stereocenters. The first-order chi connectivity index (χ1) is 9.44. The summed E-state index contributed by atoms with van der Waals surface area (Å²) in [5, 5.41) is 13.6. The van der Waals surface area contributed by atoms with E-state index in [0.717, 1.165) is 24.0 Å². The molecule has 1 aliphatic heterocycles. The lowest BCUT2D eigenvalue weighted by Gasteiger charge is -2.12. The molecular weight excluding hydrogens is 302 g/mol. The van der Waals surface area contributed by atoms with Crippen molar-refractivity contribution < 1.29 is 13.3 Å². The molecule has 2 rings (SSSR count). The molecule has 1 aliphatic rings. The predicted molar refractivity (Wildman–Crippen MR) is 78.7 cm³/mol. The van der Waals surface area contributed by atoms with E-state index in [1.54, 1.807) is 18.8 Å². The van der Waals surface area contributed by atoms with Gasteiger partial charge >= 0.3 is 0 Å². The summed E-state index contributed by atoms with van der Waals surface area (Å²) in [5.74, 6) is 1.65. The Kier molecular flexibility index (Phi) is 4.51. The van der Waals surface area contributed by atoms with Crippen molar-refractivity contribution in [2.75, 3.05) is 23.9 Å². The molecule has 20 heavy (non-hydrogen) atoms. The molecule has 1 saturated heterocycles. The van der Waals surface area contributed by atoms with E-state index in [-0.39, 0.29) is 22.3 Å². The summed E-state index contributed by atoms with van der Waals surface area (Å²) in [4.78, 5) is 10.3. The van der Waals surface area contributed by atoms with E-state index in [2.05, 4.69) is 10.0 Å². The lowest BCUT2D eigenvalue weighted by atomic mass is 10.3. The van der Waals surface area contributed by atoms with Gasteiger partial charge < -0.3 is 5.32 Å². The Balaban J connectivity index is 2.31. The van der Waals surface area contributed by atoms with Gasteiger partial charge in [0.1, 0.15) is 5.69 Å². The molecule has 9 heteroatoms. The van der Waals surface area contributed by atoms with Crippen molar-refractivity contribution in [1.29, 1.82) is 0 Å². The summed E-state index contributed by atoms with van der Waals surface area (Å²) < 4.78 is 27.0. The fourth-order valence-electron chi connectivity index (χ4n) is 1.96. The number of rotatable bonds is 5. The number of nitro benzene ring substituents is 1. The van der Waals surface area contributed by atoms with E-state index >= 15 is 0 Å². The van der Waals surface area contributed by atoms with Crippen LogP contribution in [0.15, 0.2) is 23.1 Å². The van der Waals surface area contributed by atoms with Gasteiger partial charge in [-0.15, -0.1) is 0 Å². The first-order valence-corrected chi connectivity index (χ1v) is 8.64. The minimum atomic E-state index is -3.72. The van der Waals surface area contributed by atoms with Crippen molar-refractivity contribution in [3.8, 4) is 0 Å². The lowest BCUT2D eigenvalue weighted by Crippen LogP contribution is -2.34. The molecule has 1 heterocycles. The molecule has 0 amide bonds. The molecule has 0 aromatic heterocycles. The quantitative estimate of drug-likeness (QED) is 0.629. The number of nitro groups is 1. The number of hydrogen-bond acceptors (Lipinski definition) is 6. The van der Waals surface area contributed by atoms with E-state index < -0.39 is 14.9 Å². The summed E-state index contributed by atoms with van der Waals surface area (Å²) >= 11 is 1.69. The Labute approximate surface area is 121 Å². The maximum absolute atomic E-state index is 12.2. The van der Waals surface area contributed by atoms with E-state index in [4.69, 9.17) is 0 Å². The van der Waals surface area contributed by atoms with Gasteiger partial charge in [0, 0.05) is 24.9 Å². The number of nitrogens with zero attached hydrogens (tertiary/aromatic N) is 1. The summed E-state index contributed by atoms with van der Waals surface area (Å²) in [6.45, 7) is 0. The molecule has 2 N–H and O–H groups in total. The van der Waals surface area contributed by atoms with Crippen molar-refractivity contribution in [1.82, 2.24) is 4.72 Å². The summed E-state index contributed by atoms with van der Waals surface area (Å²) in [6.07, 6.45) is 0.778. The van der Waals surface area contributed by atoms with Crippen LogP contribution in [-0.4, -0.2) is 37.9 Å². The van der Waals surface area contributed by atoms with Crippen molar-refractivity contribution in [2.24, 2.45) is 0 Å². The molecule has 7 nitrogen and oxygen atoms in total. The first kappa shape index (κ1) is 15.1. The van der Waals surface area contributed by atoms with Crippen LogP contribution in [0.4, 0.5) is 11.4 Å². The number of anilines is 1. The smallest absolute Gasteiger partial charge is 0.293 e. The highest BCUT2D eigenvalue weighted by Gasteiger charge is 2.25. The highest BCUT2D eigenvalue weighted by Crippen LogP contribution is 2.27. The van der Waals surface area contributed by atoms with Crippen LogP contribution < -0.4 is 10.0 Å². The predicted octanol–water partition coefficient (Wildman–Crippen LogP) is 1.42. The monoisotopic (exact) mass is 317 g/mol. The highest BCUT2D eigenvalue weighted by atomic mass is 32.2. The zero-order valence-corrected chi connectivity index (χ0v) is 12.5. The summed E-state index contributed by atoms with van der Waals surface area (Å²) in [7, 11) is -2.17. The average Bonchev–Trinajstić information content (AvgIpc) is 2.89. The Morgan fingerprint density at radius 2 is 2.20 bits per heavy atom. The third kappa shape index (κ3) is 3.22. The normalized spacial score (nSPS) is 18.9. The van der Waals surface area contributed by atoms with E-state index in [1.807, 2.05) is 0 Å². The number of thioether (sulfide) groups is 1. The van der Waals surface area contributed by atoms with Crippen molar-refractivity contribution >= 4 is 33.2 Å². The van der Waals surface area contributed by atoms with Crippen LogP contribution in [0.2, 0.25) is 0 Å². The fraction of sp³-hybridized carbons (Fsp3) is 0.455. The van der Waals surface area contributed by atoms with E-state index in [9.17, 15) is 18.5 Å². The van der Waals surface area contributed by atoms with Crippen molar-refractivity contribution in [3.05, 3.63) is 28.3 Å². The van der Waals surface area contributed by atoms with Crippen molar-refractivity contribution in [3.63, 3.8) is 0 Å². The van der Waals surface area contributed by atoms with Gasteiger partial charge in [0.05, 0.1) is 9.82 Å². The van der Waals surface area contributed by atoms with Crippen LogP contribution in [0.1, 0.15) is 6.42 Å². The second kappa shape index (κ2) is 5.98. The molecule has 0 aliphatic carbocycles. The van der Waals surface area contributed by atoms with Crippen LogP contribution in [0.3, 0.4) is 0 Å². The Morgan fingerprint density at radius 3 is 2.75 bits per heavy atom. The molecule has 0 spiro atoms. The zero-order valence-electron chi connectivity index (χ0n) is 10.8. The lowest BCUT2D eigenvalue weighted by molar-refractivity contribution is -0.384. The minimum Gasteiger partial charge on any atom is -0.383 e. The topological polar surface area (TPSA) is 101 Å². The van der Waals surface area contributed by atoms with E-state index in [1.165, 1.54) is 12.1 Å². The van der Waals surface area contributed by atoms with Crippen LogP contribution in [0.5, 0.6) is 0 Å². The Morgan fingerprint density at radius 1 is 1.45 bits per heavy atom. The summed E-state index contributed by atoms with van der Waals surface area (Å²) in [5.41, 5.74) is 0.0292. The second-order valence-corrected chi connectivity index (χ2v) is 7.23. The van der Waals surface area contributed by atoms with Gasteiger partial charge in [0.2, 0.25) is 10.0 Å². The Hall–Kier alpha value is -1.32. The van der Waals surface area contributed by atoms with Gasteiger partial charge in [-0.25, -0.2) is 13.1 Å². The molecular formula is C11H15N3O4S2.